The van der Waals surface area contributed by atoms with Crippen LogP contribution >= 0.6 is 11.6 Å². The Bertz CT molecular complexity index is 766. The summed E-state index contributed by atoms with van der Waals surface area (Å²) in [5, 5.41) is 3.95. The van der Waals surface area contributed by atoms with Gasteiger partial charge in [0.1, 0.15) is 0 Å². The van der Waals surface area contributed by atoms with Gasteiger partial charge in [0, 0.05) is 36.6 Å². The zero-order valence-corrected chi connectivity index (χ0v) is 17.4. The standard InChI is InChI=1S/C24H30ClNO2/c1-19-10-12-20(13-11-19)6-2-5-9-23(27)26-18-24(14-16-28-17-15-24)21-7-3-4-8-22(21)25/h3-4,7-8,10-13H,2,5-6,9,14-18H2,1H3,(H,26,27). The van der Waals surface area contributed by atoms with Gasteiger partial charge in [-0.15, -0.1) is 0 Å². The third-order valence-corrected chi connectivity index (χ3v) is 6.09. The van der Waals surface area contributed by atoms with Crippen LogP contribution in [0.15, 0.2) is 48.5 Å². The smallest absolute Gasteiger partial charge is 0.220 e. The van der Waals surface area contributed by atoms with E-state index in [-0.39, 0.29) is 11.3 Å². The third-order valence-electron chi connectivity index (χ3n) is 5.76. The van der Waals surface area contributed by atoms with Crippen molar-refractivity contribution in [2.45, 2.75) is 50.9 Å². The Balaban J connectivity index is 1.48. The van der Waals surface area contributed by atoms with E-state index >= 15 is 0 Å². The number of carbonyl (C=O) groups is 1. The Labute approximate surface area is 173 Å². The summed E-state index contributed by atoms with van der Waals surface area (Å²) in [6, 6.07) is 16.6. The lowest BCUT2D eigenvalue weighted by Gasteiger charge is -2.38. The van der Waals surface area contributed by atoms with Crippen LogP contribution in [0.3, 0.4) is 0 Å². The first-order valence-corrected chi connectivity index (χ1v) is 10.6. The highest BCUT2D eigenvalue weighted by molar-refractivity contribution is 6.31. The number of hydrogen-bond donors (Lipinski definition) is 1. The van der Waals surface area contributed by atoms with Gasteiger partial charge in [-0.05, 0) is 56.2 Å². The maximum Gasteiger partial charge on any atom is 0.220 e. The van der Waals surface area contributed by atoms with E-state index in [1.165, 1.54) is 11.1 Å². The monoisotopic (exact) mass is 399 g/mol. The van der Waals surface area contributed by atoms with Gasteiger partial charge in [0.2, 0.25) is 5.91 Å². The molecule has 2 aromatic carbocycles. The first-order valence-electron chi connectivity index (χ1n) is 10.2. The maximum atomic E-state index is 12.4. The molecular weight excluding hydrogens is 370 g/mol. The fraction of sp³-hybridized carbons (Fsp3) is 0.458. The first kappa shape index (κ1) is 20.9. The van der Waals surface area contributed by atoms with Crippen molar-refractivity contribution in [3.63, 3.8) is 0 Å². The molecule has 0 unspecified atom stereocenters. The molecule has 0 saturated carbocycles. The van der Waals surface area contributed by atoms with Crippen molar-refractivity contribution in [3.05, 3.63) is 70.2 Å². The van der Waals surface area contributed by atoms with Crippen LogP contribution in [0.1, 0.15) is 48.8 Å². The van der Waals surface area contributed by atoms with E-state index in [1.54, 1.807) is 0 Å². The molecule has 3 rings (SSSR count). The summed E-state index contributed by atoms with van der Waals surface area (Å²) in [5.74, 6) is 0.127. The number of hydrogen-bond acceptors (Lipinski definition) is 2. The Morgan fingerprint density at radius 3 is 2.50 bits per heavy atom. The molecule has 0 aromatic heterocycles. The van der Waals surface area contributed by atoms with Crippen LogP contribution in [-0.2, 0) is 21.4 Å². The molecule has 1 fully saturated rings. The number of benzene rings is 2. The number of unbranched alkanes of at least 4 members (excludes halogenated alkanes) is 1. The number of amides is 1. The topological polar surface area (TPSA) is 38.3 Å². The Hall–Kier alpha value is -1.84. The molecule has 0 radical (unpaired) electrons. The largest absolute Gasteiger partial charge is 0.381 e. The second kappa shape index (κ2) is 10.1. The van der Waals surface area contributed by atoms with Crippen molar-refractivity contribution in [1.29, 1.82) is 0 Å². The lowest BCUT2D eigenvalue weighted by atomic mass is 9.74. The van der Waals surface area contributed by atoms with Gasteiger partial charge in [-0.3, -0.25) is 4.79 Å². The number of nitrogens with one attached hydrogen (secondary N) is 1. The molecule has 1 aliphatic rings. The van der Waals surface area contributed by atoms with Crippen molar-refractivity contribution < 1.29 is 9.53 Å². The molecule has 28 heavy (non-hydrogen) atoms. The van der Waals surface area contributed by atoms with Gasteiger partial charge in [-0.1, -0.05) is 59.6 Å². The molecule has 1 amide bonds. The van der Waals surface area contributed by atoms with Crippen LogP contribution in [0.4, 0.5) is 0 Å². The normalized spacial score (nSPS) is 15.9. The van der Waals surface area contributed by atoms with E-state index in [0.717, 1.165) is 42.7 Å². The summed E-state index contributed by atoms with van der Waals surface area (Å²) >= 11 is 6.48. The van der Waals surface area contributed by atoms with Crippen molar-refractivity contribution in [2.75, 3.05) is 19.8 Å². The predicted octanol–water partition coefficient (Wildman–Crippen LogP) is 5.23. The number of carbonyl (C=O) groups excluding carboxylic acids is 1. The van der Waals surface area contributed by atoms with E-state index in [0.29, 0.717) is 26.2 Å². The van der Waals surface area contributed by atoms with E-state index < -0.39 is 0 Å². The van der Waals surface area contributed by atoms with E-state index in [1.807, 2.05) is 18.2 Å². The minimum absolute atomic E-state index is 0.127. The molecule has 0 spiro atoms. The third kappa shape index (κ3) is 5.59. The quantitative estimate of drug-likeness (QED) is 0.617. The second-order valence-corrected chi connectivity index (χ2v) is 8.25. The predicted molar refractivity (Wildman–Crippen MR) is 115 cm³/mol. The van der Waals surface area contributed by atoms with Gasteiger partial charge in [-0.2, -0.15) is 0 Å². The molecule has 1 N–H and O–H groups in total. The highest BCUT2D eigenvalue weighted by Crippen LogP contribution is 2.38. The molecule has 150 valence electrons. The summed E-state index contributed by atoms with van der Waals surface area (Å²) in [7, 11) is 0. The molecule has 1 heterocycles. The molecule has 0 aliphatic carbocycles. The number of aryl methyl sites for hydroxylation is 2. The highest BCUT2D eigenvalue weighted by atomic mass is 35.5. The van der Waals surface area contributed by atoms with Crippen LogP contribution in [-0.4, -0.2) is 25.7 Å². The van der Waals surface area contributed by atoms with Crippen LogP contribution in [0.25, 0.3) is 0 Å². The number of rotatable bonds is 8. The minimum atomic E-state index is -0.131. The molecule has 4 heteroatoms. The van der Waals surface area contributed by atoms with Gasteiger partial charge < -0.3 is 10.1 Å². The minimum Gasteiger partial charge on any atom is -0.381 e. The average molecular weight is 400 g/mol. The van der Waals surface area contributed by atoms with E-state index in [2.05, 4.69) is 42.6 Å². The fourth-order valence-electron chi connectivity index (χ4n) is 3.92. The summed E-state index contributed by atoms with van der Waals surface area (Å²) in [6.07, 6.45) is 5.28. The Morgan fingerprint density at radius 1 is 1.07 bits per heavy atom. The second-order valence-electron chi connectivity index (χ2n) is 7.84. The first-order chi connectivity index (χ1) is 13.6. The zero-order chi connectivity index (χ0) is 19.8. The van der Waals surface area contributed by atoms with Crippen molar-refractivity contribution in [2.24, 2.45) is 0 Å². The van der Waals surface area contributed by atoms with Gasteiger partial charge in [0.25, 0.3) is 0 Å². The van der Waals surface area contributed by atoms with Crippen LogP contribution in [0.5, 0.6) is 0 Å². The summed E-state index contributed by atoms with van der Waals surface area (Å²) in [6.45, 7) is 4.13. The van der Waals surface area contributed by atoms with E-state index in [9.17, 15) is 4.79 Å². The maximum absolute atomic E-state index is 12.4. The number of ether oxygens (including phenoxy) is 1. The summed E-state index contributed by atoms with van der Waals surface area (Å²) < 4.78 is 5.57. The highest BCUT2D eigenvalue weighted by Gasteiger charge is 2.36. The molecule has 0 atom stereocenters. The van der Waals surface area contributed by atoms with Gasteiger partial charge in [0.05, 0.1) is 0 Å². The Kier molecular flexibility index (Phi) is 7.52. The molecule has 3 nitrogen and oxygen atoms in total. The molecule has 2 aromatic rings. The van der Waals surface area contributed by atoms with Gasteiger partial charge in [-0.25, -0.2) is 0 Å². The number of halogens is 1. The van der Waals surface area contributed by atoms with Crippen molar-refractivity contribution >= 4 is 17.5 Å². The molecule has 1 aliphatic heterocycles. The van der Waals surface area contributed by atoms with Gasteiger partial charge >= 0.3 is 0 Å². The molecule has 0 bridgehead atoms. The van der Waals surface area contributed by atoms with E-state index in [4.69, 9.17) is 16.3 Å². The van der Waals surface area contributed by atoms with Gasteiger partial charge in [0.15, 0.2) is 0 Å². The molecular formula is C24H30ClNO2. The van der Waals surface area contributed by atoms with Crippen LogP contribution < -0.4 is 5.32 Å². The lowest BCUT2D eigenvalue weighted by molar-refractivity contribution is -0.121. The Morgan fingerprint density at radius 2 is 1.79 bits per heavy atom. The van der Waals surface area contributed by atoms with Crippen molar-refractivity contribution in [3.8, 4) is 0 Å². The average Bonchev–Trinajstić information content (AvgIpc) is 2.72. The van der Waals surface area contributed by atoms with Crippen molar-refractivity contribution in [1.82, 2.24) is 5.32 Å². The SMILES string of the molecule is Cc1ccc(CCCCC(=O)NCC2(c3ccccc3Cl)CCOCC2)cc1. The zero-order valence-electron chi connectivity index (χ0n) is 16.7. The van der Waals surface area contributed by atoms with Crippen LogP contribution in [0.2, 0.25) is 5.02 Å². The molecule has 1 saturated heterocycles. The summed E-state index contributed by atoms with van der Waals surface area (Å²) in [4.78, 5) is 12.4. The fourth-order valence-corrected chi connectivity index (χ4v) is 4.26. The van der Waals surface area contributed by atoms with Crippen LogP contribution in [0, 0.1) is 6.92 Å². The summed E-state index contributed by atoms with van der Waals surface area (Å²) in [5.41, 5.74) is 3.61. The lowest BCUT2D eigenvalue weighted by Crippen LogP contribution is -2.44.